The highest BCUT2D eigenvalue weighted by Gasteiger charge is 2.46. The number of halogens is 5. The molecule has 1 saturated heterocycles. The second-order valence-corrected chi connectivity index (χ2v) is 8.00. The molecule has 2 aliphatic heterocycles. The maximum Gasteiger partial charge on any atom is 0.417 e. The van der Waals surface area contributed by atoms with E-state index in [0.29, 0.717) is 36.6 Å². The first-order valence-electron chi connectivity index (χ1n) is 9.63. The van der Waals surface area contributed by atoms with E-state index in [9.17, 15) is 22.4 Å². The number of alkyl halides is 3. The van der Waals surface area contributed by atoms with Crippen molar-refractivity contribution in [1.29, 1.82) is 0 Å². The first-order valence-corrected chi connectivity index (χ1v) is 10.0. The maximum atomic E-state index is 13.3. The Hall–Kier alpha value is -2.94. The fourth-order valence-electron chi connectivity index (χ4n) is 4.44. The molecule has 2 aromatic carbocycles. The van der Waals surface area contributed by atoms with E-state index in [1.165, 1.54) is 24.3 Å². The van der Waals surface area contributed by atoms with Crippen molar-refractivity contribution in [1.82, 2.24) is 19.7 Å². The number of hydrogen-bond acceptors (Lipinski definition) is 3. The average molecular weight is 451 g/mol. The summed E-state index contributed by atoms with van der Waals surface area (Å²) in [4.78, 5) is 14.8. The minimum absolute atomic E-state index is 0.180. The van der Waals surface area contributed by atoms with Crippen LogP contribution in [0.3, 0.4) is 0 Å². The van der Waals surface area contributed by atoms with Crippen molar-refractivity contribution in [2.24, 2.45) is 0 Å². The molecule has 10 heteroatoms. The number of amides is 1. The van der Waals surface area contributed by atoms with Crippen molar-refractivity contribution in [3.8, 4) is 11.4 Å². The lowest BCUT2D eigenvalue weighted by Crippen LogP contribution is -2.44. The smallest absolute Gasteiger partial charge is 0.324 e. The summed E-state index contributed by atoms with van der Waals surface area (Å²) >= 11 is 5.99. The normalized spacial score (nSPS) is 20.1. The summed E-state index contributed by atoms with van der Waals surface area (Å²) in [6.45, 7) is 0.397. The second kappa shape index (κ2) is 7.05. The van der Waals surface area contributed by atoms with Crippen molar-refractivity contribution in [3.63, 3.8) is 0 Å². The predicted octanol–water partition coefficient (Wildman–Crippen LogP) is 5.12. The summed E-state index contributed by atoms with van der Waals surface area (Å²) in [5, 5.41) is 7.88. The van der Waals surface area contributed by atoms with Crippen LogP contribution in [0.2, 0.25) is 5.02 Å². The van der Waals surface area contributed by atoms with Crippen LogP contribution in [0.1, 0.15) is 40.6 Å². The zero-order chi connectivity index (χ0) is 21.9. The van der Waals surface area contributed by atoms with Crippen LogP contribution in [-0.4, -0.2) is 31.6 Å². The summed E-state index contributed by atoms with van der Waals surface area (Å²) in [5.74, 6) is 0.207. The number of hydrogen-bond donors (Lipinski definition) is 0. The highest BCUT2D eigenvalue weighted by Crippen LogP contribution is 2.44. The molecule has 0 N–H and O–H groups in total. The molecule has 5 rings (SSSR count). The number of carbonyl (C=O) groups excluding carboxylic acids is 1. The summed E-state index contributed by atoms with van der Waals surface area (Å²) in [6.07, 6.45) is -3.35. The number of benzene rings is 2. The quantitative estimate of drug-likeness (QED) is 0.509. The molecule has 0 spiro atoms. The van der Waals surface area contributed by atoms with Crippen LogP contribution in [0, 0.1) is 5.82 Å². The molecule has 3 aromatic rings. The van der Waals surface area contributed by atoms with Gasteiger partial charge in [0.2, 0.25) is 0 Å². The zero-order valence-corrected chi connectivity index (χ0v) is 16.7. The Morgan fingerprint density at radius 1 is 1.06 bits per heavy atom. The van der Waals surface area contributed by atoms with Crippen LogP contribution in [0.25, 0.3) is 11.4 Å². The Morgan fingerprint density at radius 3 is 2.52 bits per heavy atom. The van der Waals surface area contributed by atoms with E-state index in [1.807, 2.05) is 4.57 Å². The van der Waals surface area contributed by atoms with Gasteiger partial charge >= 0.3 is 6.18 Å². The largest absolute Gasteiger partial charge is 0.417 e. The lowest BCUT2D eigenvalue weighted by molar-refractivity contribution is -0.137. The molecule has 1 amide bonds. The average Bonchev–Trinajstić information content (AvgIpc) is 3.28. The highest BCUT2D eigenvalue weighted by molar-refractivity contribution is 6.34. The van der Waals surface area contributed by atoms with Gasteiger partial charge in [0.05, 0.1) is 28.2 Å². The second-order valence-electron chi connectivity index (χ2n) is 7.62. The van der Waals surface area contributed by atoms with Gasteiger partial charge in [0.1, 0.15) is 5.82 Å². The Bertz CT molecular complexity index is 1180. The Kier molecular flexibility index (Phi) is 4.55. The summed E-state index contributed by atoms with van der Waals surface area (Å²) in [6, 6.07) is 8.58. The molecule has 5 nitrogen and oxygen atoms in total. The third kappa shape index (κ3) is 3.18. The minimum Gasteiger partial charge on any atom is -0.324 e. The Labute approximate surface area is 179 Å². The first-order chi connectivity index (χ1) is 14.8. The van der Waals surface area contributed by atoms with Gasteiger partial charge in [0.15, 0.2) is 11.6 Å². The fourth-order valence-corrected chi connectivity index (χ4v) is 4.76. The molecular formula is C21H15ClF4N4O. The van der Waals surface area contributed by atoms with Crippen molar-refractivity contribution >= 4 is 17.5 Å². The van der Waals surface area contributed by atoms with Crippen molar-refractivity contribution in [2.75, 3.05) is 0 Å². The molecule has 2 atom stereocenters. The van der Waals surface area contributed by atoms with Gasteiger partial charge in [-0.15, -0.1) is 10.2 Å². The summed E-state index contributed by atoms with van der Waals surface area (Å²) in [5.41, 5.74) is -0.522. The molecule has 160 valence electrons. The SMILES string of the molecule is O=C(c1cccc(C(F)(F)F)c1Cl)N1[C@@H]2CC[C@@H]1c1nnc(-c3ccc(F)cc3)n1C2. The van der Waals surface area contributed by atoms with E-state index < -0.39 is 28.7 Å². The van der Waals surface area contributed by atoms with Crippen molar-refractivity contribution < 1.29 is 22.4 Å². The number of aromatic nitrogens is 3. The lowest BCUT2D eigenvalue weighted by Gasteiger charge is -2.35. The topological polar surface area (TPSA) is 51.0 Å². The molecular weight excluding hydrogens is 436 g/mol. The van der Waals surface area contributed by atoms with Gasteiger partial charge in [-0.1, -0.05) is 17.7 Å². The molecule has 2 bridgehead atoms. The van der Waals surface area contributed by atoms with Crippen LogP contribution >= 0.6 is 11.6 Å². The molecule has 1 fully saturated rings. The minimum atomic E-state index is -4.65. The zero-order valence-electron chi connectivity index (χ0n) is 15.9. The number of carbonyl (C=O) groups is 1. The van der Waals surface area contributed by atoms with E-state index in [4.69, 9.17) is 11.6 Å². The maximum absolute atomic E-state index is 13.3. The van der Waals surface area contributed by atoms with E-state index in [0.717, 1.165) is 6.07 Å². The molecule has 0 unspecified atom stereocenters. The van der Waals surface area contributed by atoms with Gasteiger partial charge in [0, 0.05) is 12.1 Å². The molecule has 2 aliphatic rings. The van der Waals surface area contributed by atoms with E-state index in [-0.39, 0.29) is 17.4 Å². The first kappa shape index (κ1) is 20.0. The van der Waals surface area contributed by atoms with Crippen LogP contribution in [-0.2, 0) is 12.7 Å². The van der Waals surface area contributed by atoms with Gasteiger partial charge in [-0.2, -0.15) is 13.2 Å². The lowest BCUT2D eigenvalue weighted by atomic mass is 10.1. The van der Waals surface area contributed by atoms with Crippen LogP contribution in [0.15, 0.2) is 42.5 Å². The van der Waals surface area contributed by atoms with Crippen molar-refractivity contribution in [2.45, 2.75) is 37.6 Å². The van der Waals surface area contributed by atoms with Gasteiger partial charge in [-0.05, 0) is 49.2 Å². The molecule has 3 heterocycles. The molecule has 0 radical (unpaired) electrons. The van der Waals surface area contributed by atoms with Crippen LogP contribution < -0.4 is 0 Å². The Balaban J connectivity index is 1.51. The predicted molar refractivity (Wildman–Crippen MR) is 104 cm³/mol. The van der Waals surface area contributed by atoms with Crippen LogP contribution in [0.4, 0.5) is 17.6 Å². The Morgan fingerprint density at radius 2 is 1.81 bits per heavy atom. The fraction of sp³-hybridized carbons (Fsp3) is 0.286. The van der Waals surface area contributed by atoms with E-state index in [2.05, 4.69) is 10.2 Å². The standard InChI is InChI=1S/C21H15ClF4N4O/c22-17-14(2-1-3-15(17)21(24,25)26)20(31)30-13-8-9-16(30)19-28-27-18(29(19)10-13)11-4-6-12(23)7-5-11/h1-7,13,16H,8-10H2/t13-,16-/m1/s1. The van der Waals surface area contributed by atoms with Gasteiger partial charge in [0.25, 0.3) is 5.91 Å². The third-order valence-electron chi connectivity index (χ3n) is 5.84. The summed E-state index contributed by atoms with van der Waals surface area (Å²) < 4.78 is 54.9. The molecule has 31 heavy (non-hydrogen) atoms. The highest BCUT2D eigenvalue weighted by atomic mass is 35.5. The monoisotopic (exact) mass is 450 g/mol. The molecule has 0 saturated carbocycles. The van der Waals surface area contributed by atoms with Gasteiger partial charge in [-0.3, -0.25) is 4.79 Å². The van der Waals surface area contributed by atoms with Gasteiger partial charge in [-0.25, -0.2) is 4.39 Å². The van der Waals surface area contributed by atoms with E-state index in [1.54, 1.807) is 17.0 Å². The molecule has 1 aromatic heterocycles. The third-order valence-corrected chi connectivity index (χ3v) is 6.25. The summed E-state index contributed by atoms with van der Waals surface area (Å²) in [7, 11) is 0. The van der Waals surface area contributed by atoms with Crippen LogP contribution in [0.5, 0.6) is 0 Å². The van der Waals surface area contributed by atoms with E-state index >= 15 is 0 Å². The number of rotatable bonds is 2. The number of fused-ring (bicyclic) bond motifs is 4. The van der Waals surface area contributed by atoms with Gasteiger partial charge < -0.3 is 9.47 Å². The van der Waals surface area contributed by atoms with Crippen molar-refractivity contribution in [3.05, 3.63) is 70.3 Å². The molecule has 0 aliphatic carbocycles. The number of nitrogens with zero attached hydrogens (tertiary/aromatic N) is 4.